The molecular formula is C51H30O. The van der Waals surface area contributed by atoms with Gasteiger partial charge in [-0.3, -0.25) is 0 Å². The highest BCUT2D eigenvalue weighted by Crippen LogP contribution is 2.66. The molecular weight excluding hydrogens is 629 g/mol. The van der Waals surface area contributed by atoms with Crippen molar-refractivity contribution < 1.29 is 4.42 Å². The van der Waals surface area contributed by atoms with Crippen LogP contribution in [0.2, 0.25) is 0 Å². The van der Waals surface area contributed by atoms with E-state index in [0.717, 1.165) is 27.3 Å². The van der Waals surface area contributed by atoms with Gasteiger partial charge < -0.3 is 4.42 Å². The highest BCUT2D eigenvalue weighted by molar-refractivity contribution is 6.16. The van der Waals surface area contributed by atoms with Crippen LogP contribution < -0.4 is 0 Å². The van der Waals surface area contributed by atoms with Crippen LogP contribution in [0.1, 0.15) is 22.3 Å². The van der Waals surface area contributed by atoms with Crippen molar-refractivity contribution in [1.82, 2.24) is 0 Å². The lowest BCUT2D eigenvalue weighted by atomic mass is 9.69. The molecule has 0 amide bonds. The zero-order valence-electron chi connectivity index (χ0n) is 28.2. The van der Waals surface area contributed by atoms with Crippen molar-refractivity contribution >= 4 is 43.5 Å². The van der Waals surface area contributed by atoms with E-state index in [2.05, 4.69) is 182 Å². The third-order valence-electron chi connectivity index (χ3n) is 11.8. The molecule has 0 atom stereocenters. The van der Waals surface area contributed by atoms with E-state index in [1.807, 2.05) is 0 Å². The van der Waals surface area contributed by atoms with Gasteiger partial charge in [0.1, 0.15) is 11.2 Å². The normalized spacial score (nSPS) is 13.5. The molecule has 0 fully saturated rings. The second-order valence-electron chi connectivity index (χ2n) is 14.3. The molecule has 0 radical (unpaired) electrons. The van der Waals surface area contributed by atoms with Crippen LogP contribution in [-0.2, 0) is 5.41 Å². The van der Waals surface area contributed by atoms with E-state index in [1.54, 1.807) is 0 Å². The molecule has 1 aromatic heterocycles. The van der Waals surface area contributed by atoms with Crippen LogP contribution in [0, 0.1) is 0 Å². The molecule has 1 heteroatoms. The monoisotopic (exact) mass is 658 g/mol. The molecule has 52 heavy (non-hydrogen) atoms. The summed E-state index contributed by atoms with van der Waals surface area (Å²) in [5, 5.41) is 7.17. The van der Waals surface area contributed by atoms with E-state index in [4.69, 9.17) is 4.42 Å². The summed E-state index contributed by atoms with van der Waals surface area (Å²) in [6.45, 7) is 0. The van der Waals surface area contributed by atoms with E-state index in [-0.39, 0.29) is 0 Å². The van der Waals surface area contributed by atoms with Crippen LogP contribution in [0.15, 0.2) is 186 Å². The van der Waals surface area contributed by atoms with Crippen LogP contribution >= 0.6 is 0 Å². The number of rotatable bonds is 2. The van der Waals surface area contributed by atoms with Gasteiger partial charge in [0.15, 0.2) is 0 Å². The molecule has 240 valence electrons. The summed E-state index contributed by atoms with van der Waals surface area (Å²) in [6.07, 6.45) is 0. The fourth-order valence-electron chi connectivity index (χ4n) is 9.73. The molecule has 2 aliphatic rings. The summed E-state index contributed by atoms with van der Waals surface area (Å²) in [6, 6.07) is 67.4. The second kappa shape index (κ2) is 10.2. The van der Waals surface area contributed by atoms with Crippen molar-refractivity contribution in [2.45, 2.75) is 5.41 Å². The number of hydrogen-bond donors (Lipinski definition) is 0. The van der Waals surface area contributed by atoms with Crippen LogP contribution in [-0.4, -0.2) is 0 Å². The van der Waals surface area contributed by atoms with Gasteiger partial charge in [-0.15, -0.1) is 0 Å². The van der Waals surface area contributed by atoms with Gasteiger partial charge in [-0.25, -0.2) is 0 Å². The average Bonchev–Trinajstić information content (AvgIpc) is 3.85. The Balaban J connectivity index is 1.23. The topological polar surface area (TPSA) is 13.1 Å². The van der Waals surface area contributed by atoms with Crippen LogP contribution in [0.4, 0.5) is 0 Å². The smallest absolute Gasteiger partial charge is 0.143 e. The van der Waals surface area contributed by atoms with Gasteiger partial charge in [-0.1, -0.05) is 152 Å². The van der Waals surface area contributed by atoms with Crippen molar-refractivity contribution in [2.75, 3.05) is 0 Å². The SMILES string of the molecule is c1ccc(-c2ccc3c(c2)C2(c4ccccc4-c4ccccc42)c2c-3c(-c3ccc4oc5c6ccccc6ccc5c4c3)cc3ccccc23)cc1. The van der Waals surface area contributed by atoms with Gasteiger partial charge in [0.25, 0.3) is 0 Å². The molecule has 0 N–H and O–H groups in total. The lowest BCUT2D eigenvalue weighted by Gasteiger charge is -2.32. The summed E-state index contributed by atoms with van der Waals surface area (Å²) < 4.78 is 6.59. The molecule has 10 aromatic rings. The molecule has 0 bridgehead atoms. The third-order valence-corrected chi connectivity index (χ3v) is 11.8. The average molecular weight is 659 g/mol. The molecule has 0 unspecified atom stereocenters. The zero-order chi connectivity index (χ0) is 34.0. The predicted molar refractivity (Wildman–Crippen MR) is 216 cm³/mol. The standard InChI is InChI=1S/C51H30O/c1-2-12-31(13-3-1)33-23-26-41-46(30-33)51(44-20-10-8-18-38(44)39-19-9-11-21-45(39)51)49-36-16-6-5-15-34(36)28-42(48(41)49)35-24-27-47-43(29-35)40-25-22-32-14-4-7-17-37(32)50(40)52-47/h1-30H. The fourth-order valence-corrected chi connectivity index (χ4v) is 9.73. The van der Waals surface area contributed by atoms with E-state index in [0.29, 0.717) is 0 Å². The molecule has 9 aromatic carbocycles. The summed E-state index contributed by atoms with van der Waals surface area (Å²) in [5.41, 5.74) is 17.0. The lowest BCUT2D eigenvalue weighted by Crippen LogP contribution is -2.26. The van der Waals surface area contributed by atoms with E-state index < -0.39 is 5.41 Å². The first-order chi connectivity index (χ1) is 25.8. The molecule has 12 rings (SSSR count). The summed E-state index contributed by atoms with van der Waals surface area (Å²) >= 11 is 0. The molecule has 1 nitrogen and oxygen atoms in total. The Bertz CT molecular complexity index is 3080. The molecule has 1 spiro atoms. The Morgan fingerprint density at radius 3 is 1.83 bits per heavy atom. The quantitative estimate of drug-likeness (QED) is 0.180. The van der Waals surface area contributed by atoms with Crippen molar-refractivity contribution in [1.29, 1.82) is 0 Å². The number of hydrogen-bond acceptors (Lipinski definition) is 1. The maximum Gasteiger partial charge on any atom is 0.143 e. The first-order valence-corrected chi connectivity index (χ1v) is 18.1. The minimum absolute atomic E-state index is 0.483. The van der Waals surface area contributed by atoms with Crippen molar-refractivity contribution in [3.63, 3.8) is 0 Å². The highest BCUT2D eigenvalue weighted by Gasteiger charge is 2.53. The summed E-state index contributed by atoms with van der Waals surface area (Å²) in [5.74, 6) is 0. The van der Waals surface area contributed by atoms with Gasteiger partial charge in [-0.05, 0) is 113 Å². The molecule has 0 saturated carbocycles. The van der Waals surface area contributed by atoms with Gasteiger partial charge in [-0.2, -0.15) is 0 Å². The summed E-state index contributed by atoms with van der Waals surface area (Å²) in [4.78, 5) is 0. The van der Waals surface area contributed by atoms with E-state index >= 15 is 0 Å². The molecule has 0 aliphatic heterocycles. The highest BCUT2D eigenvalue weighted by atomic mass is 16.3. The van der Waals surface area contributed by atoms with Gasteiger partial charge in [0, 0.05) is 16.2 Å². The molecule has 1 heterocycles. The maximum absolute atomic E-state index is 6.59. The largest absolute Gasteiger partial charge is 0.455 e. The van der Waals surface area contributed by atoms with Crippen LogP contribution in [0.3, 0.4) is 0 Å². The van der Waals surface area contributed by atoms with Crippen molar-refractivity contribution in [3.8, 4) is 44.5 Å². The number of furan rings is 1. The first kappa shape index (κ1) is 28.0. The van der Waals surface area contributed by atoms with Gasteiger partial charge >= 0.3 is 0 Å². The minimum atomic E-state index is -0.483. The Hall–Kier alpha value is -6.70. The van der Waals surface area contributed by atoms with Crippen LogP contribution in [0.25, 0.3) is 88.0 Å². The fraction of sp³-hybridized carbons (Fsp3) is 0.0196. The van der Waals surface area contributed by atoms with Crippen molar-refractivity contribution in [3.05, 3.63) is 204 Å². The second-order valence-corrected chi connectivity index (χ2v) is 14.3. The maximum atomic E-state index is 6.59. The number of benzene rings is 9. The lowest BCUT2D eigenvalue weighted by molar-refractivity contribution is 0.672. The van der Waals surface area contributed by atoms with Gasteiger partial charge in [0.05, 0.1) is 5.41 Å². The number of fused-ring (bicyclic) bond motifs is 17. The molecule has 2 aliphatic carbocycles. The van der Waals surface area contributed by atoms with E-state index in [1.165, 1.54) is 82.9 Å². The predicted octanol–water partition coefficient (Wildman–Crippen LogP) is 13.6. The Labute approximate surface area is 301 Å². The Morgan fingerprint density at radius 2 is 1.02 bits per heavy atom. The van der Waals surface area contributed by atoms with Crippen molar-refractivity contribution in [2.24, 2.45) is 0 Å². The van der Waals surface area contributed by atoms with Crippen LogP contribution in [0.5, 0.6) is 0 Å². The molecule has 0 saturated heterocycles. The Kier molecular flexibility index (Phi) is 5.49. The Morgan fingerprint density at radius 1 is 0.346 bits per heavy atom. The van der Waals surface area contributed by atoms with E-state index in [9.17, 15) is 0 Å². The third kappa shape index (κ3) is 3.52. The minimum Gasteiger partial charge on any atom is -0.455 e. The van der Waals surface area contributed by atoms with Gasteiger partial charge in [0.2, 0.25) is 0 Å². The summed E-state index contributed by atoms with van der Waals surface area (Å²) in [7, 11) is 0. The zero-order valence-corrected chi connectivity index (χ0v) is 28.2. The first-order valence-electron chi connectivity index (χ1n) is 18.1.